The average molecular weight is 291 g/mol. The Morgan fingerprint density at radius 1 is 1.33 bits per heavy atom. The lowest BCUT2D eigenvalue weighted by atomic mass is 9.90. The third kappa shape index (κ3) is 3.52. The fourth-order valence-corrected chi connectivity index (χ4v) is 2.59. The monoisotopic (exact) mass is 291 g/mol. The number of carboxylic acid groups (broad SMARTS) is 1. The van der Waals surface area contributed by atoms with Crippen molar-refractivity contribution < 1.29 is 14.7 Å². The molecule has 1 unspecified atom stereocenters. The molecule has 1 heterocycles. The first kappa shape index (κ1) is 15.3. The molecule has 0 fully saturated rings. The van der Waals surface area contributed by atoms with Gasteiger partial charge in [-0.15, -0.1) is 0 Å². The van der Waals surface area contributed by atoms with Gasteiger partial charge < -0.3 is 15.7 Å². The zero-order valence-electron chi connectivity index (χ0n) is 12.1. The molecule has 0 aliphatic carbocycles. The van der Waals surface area contributed by atoms with Gasteiger partial charge in [0.25, 0.3) is 0 Å². The molecule has 0 radical (unpaired) electrons. The summed E-state index contributed by atoms with van der Waals surface area (Å²) in [5, 5.41) is 15.2. The first-order chi connectivity index (χ1) is 10.1. The van der Waals surface area contributed by atoms with Gasteiger partial charge in [-0.2, -0.15) is 0 Å². The van der Waals surface area contributed by atoms with E-state index in [1.54, 1.807) is 17.0 Å². The third-order valence-corrected chi connectivity index (χ3v) is 3.67. The molecule has 21 heavy (non-hydrogen) atoms. The lowest BCUT2D eigenvalue weighted by Crippen LogP contribution is -2.44. The predicted octanol–water partition coefficient (Wildman–Crippen LogP) is 1.38. The molecule has 3 N–H and O–H groups in total. The van der Waals surface area contributed by atoms with Crippen molar-refractivity contribution in [3.63, 3.8) is 0 Å². The molecule has 1 aromatic rings. The van der Waals surface area contributed by atoms with Gasteiger partial charge in [-0.3, -0.25) is 9.69 Å². The molecule has 6 nitrogen and oxygen atoms in total. The number of anilines is 1. The van der Waals surface area contributed by atoms with Crippen molar-refractivity contribution in [1.29, 1.82) is 0 Å². The van der Waals surface area contributed by atoms with Crippen molar-refractivity contribution in [2.45, 2.75) is 18.8 Å². The summed E-state index contributed by atoms with van der Waals surface area (Å²) in [5.41, 5.74) is 1.41. The highest BCUT2D eigenvalue weighted by molar-refractivity contribution is 5.95. The summed E-state index contributed by atoms with van der Waals surface area (Å²) in [6.07, 6.45) is 1.30. The fourth-order valence-electron chi connectivity index (χ4n) is 2.59. The maximum Gasteiger partial charge on any atom is 0.321 e. The predicted molar refractivity (Wildman–Crippen MR) is 80.7 cm³/mol. The van der Waals surface area contributed by atoms with Crippen LogP contribution in [0, 0.1) is 0 Å². The zero-order chi connectivity index (χ0) is 15.2. The van der Waals surface area contributed by atoms with Crippen LogP contribution in [0.2, 0.25) is 0 Å². The first-order valence-electron chi connectivity index (χ1n) is 7.17. The molecule has 0 bridgehead atoms. The first-order valence-corrected chi connectivity index (χ1v) is 7.17. The van der Waals surface area contributed by atoms with Crippen LogP contribution in [-0.4, -0.2) is 43.8 Å². The quantitative estimate of drug-likeness (QED) is 0.716. The van der Waals surface area contributed by atoms with Crippen LogP contribution in [0.1, 0.15) is 24.3 Å². The number of nitrogens with one attached hydrogen (secondary N) is 2. The van der Waals surface area contributed by atoms with E-state index >= 15 is 0 Å². The second kappa shape index (κ2) is 7.08. The molecule has 1 aliphatic rings. The van der Waals surface area contributed by atoms with Crippen molar-refractivity contribution in [2.24, 2.45) is 0 Å². The SMILES string of the molecule is CNCCCNC(=O)N1CCC(C(=O)O)c2ccccc21. The number of para-hydroxylation sites is 1. The van der Waals surface area contributed by atoms with Gasteiger partial charge >= 0.3 is 12.0 Å². The van der Waals surface area contributed by atoms with Crippen LogP contribution in [0.3, 0.4) is 0 Å². The maximum atomic E-state index is 12.2. The van der Waals surface area contributed by atoms with Gasteiger partial charge in [0.15, 0.2) is 0 Å². The molecule has 1 aliphatic heterocycles. The van der Waals surface area contributed by atoms with Crippen molar-refractivity contribution in [1.82, 2.24) is 10.6 Å². The number of hydrogen-bond acceptors (Lipinski definition) is 3. The number of carbonyl (C=O) groups excluding carboxylic acids is 1. The number of benzene rings is 1. The van der Waals surface area contributed by atoms with Crippen LogP contribution in [0.15, 0.2) is 24.3 Å². The van der Waals surface area contributed by atoms with Crippen LogP contribution in [-0.2, 0) is 4.79 Å². The molecule has 0 saturated carbocycles. The highest BCUT2D eigenvalue weighted by Crippen LogP contribution is 2.35. The van der Waals surface area contributed by atoms with E-state index in [4.69, 9.17) is 0 Å². The van der Waals surface area contributed by atoms with Gasteiger partial charge in [0.1, 0.15) is 0 Å². The van der Waals surface area contributed by atoms with Crippen molar-refractivity contribution in [2.75, 3.05) is 31.6 Å². The number of urea groups is 1. The standard InChI is InChI=1S/C15H21N3O3/c1-16-8-4-9-17-15(21)18-10-7-12(14(19)20)11-5-2-3-6-13(11)18/h2-3,5-6,12,16H,4,7-10H2,1H3,(H,17,21)(H,19,20). The second-order valence-corrected chi connectivity index (χ2v) is 5.08. The van der Waals surface area contributed by atoms with Crippen LogP contribution in [0.4, 0.5) is 10.5 Å². The number of carbonyl (C=O) groups is 2. The summed E-state index contributed by atoms with van der Waals surface area (Å²) in [7, 11) is 1.87. The largest absolute Gasteiger partial charge is 0.481 e. The molecule has 1 aromatic carbocycles. The number of carboxylic acids is 1. The Morgan fingerprint density at radius 3 is 2.81 bits per heavy atom. The summed E-state index contributed by atoms with van der Waals surface area (Å²) >= 11 is 0. The van der Waals surface area contributed by atoms with E-state index in [0.717, 1.165) is 13.0 Å². The van der Waals surface area contributed by atoms with Gasteiger partial charge in [-0.25, -0.2) is 4.79 Å². The zero-order valence-corrected chi connectivity index (χ0v) is 12.1. The van der Waals surface area contributed by atoms with E-state index in [0.29, 0.717) is 30.8 Å². The summed E-state index contributed by atoms with van der Waals surface area (Å²) < 4.78 is 0. The maximum absolute atomic E-state index is 12.2. The minimum Gasteiger partial charge on any atom is -0.481 e. The van der Waals surface area contributed by atoms with Crippen molar-refractivity contribution in [3.8, 4) is 0 Å². The van der Waals surface area contributed by atoms with Gasteiger partial charge in [0.2, 0.25) is 0 Å². The Labute approximate surface area is 124 Å². The van der Waals surface area contributed by atoms with Crippen LogP contribution < -0.4 is 15.5 Å². The van der Waals surface area contributed by atoms with Crippen LogP contribution >= 0.6 is 0 Å². The van der Waals surface area contributed by atoms with Gasteiger partial charge in [0.05, 0.1) is 5.92 Å². The Balaban J connectivity index is 2.10. The van der Waals surface area contributed by atoms with E-state index in [1.165, 1.54) is 0 Å². The van der Waals surface area contributed by atoms with Crippen LogP contribution in [0.25, 0.3) is 0 Å². The van der Waals surface area contributed by atoms with Crippen molar-refractivity contribution in [3.05, 3.63) is 29.8 Å². The molecule has 2 rings (SSSR count). The third-order valence-electron chi connectivity index (χ3n) is 3.67. The molecule has 2 amide bonds. The van der Waals surface area contributed by atoms with E-state index in [2.05, 4.69) is 10.6 Å². The summed E-state index contributed by atoms with van der Waals surface area (Å²) in [6, 6.07) is 7.06. The Morgan fingerprint density at radius 2 is 2.10 bits per heavy atom. The normalized spacial score (nSPS) is 17.2. The molecule has 1 atom stereocenters. The average Bonchev–Trinajstić information content (AvgIpc) is 2.50. The topological polar surface area (TPSA) is 81.7 Å². The molecular weight excluding hydrogens is 270 g/mol. The number of nitrogens with zero attached hydrogens (tertiary/aromatic N) is 1. The van der Waals surface area contributed by atoms with Crippen molar-refractivity contribution >= 4 is 17.7 Å². The van der Waals surface area contributed by atoms with E-state index in [9.17, 15) is 14.7 Å². The summed E-state index contributed by atoms with van der Waals surface area (Å²) in [4.78, 5) is 25.2. The van der Waals surface area contributed by atoms with Gasteiger partial charge in [-0.05, 0) is 38.1 Å². The summed E-state index contributed by atoms with van der Waals surface area (Å²) in [6.45, 7) is 1.87. The van der Waals surface area contributed by atoms with Gasteiger partial charge in [-0.1, -0.05) is 18.2 Å². The number of hydrogen-bond donors (Lipinski definition) is 3. The molecule has 0 aromatic heterocycles. The number of amides is 2. The molecule has 0 saturated heterocycles. The highest BCUT2D eigenvalue weighted by Gasteiger charge is 2.32. The van der Waals surface area contributed by atoms with E-state index < -0.39 is 11.9 Å². The lowest BCUT2D eigenvalue weighted by Gasteiger charge is -2.32. The fraction of sp³-hybridized carbons (Fsp3) is 0.467. The summed E-state index contributed by atoms with van der Waals surface area (Å²) in [5.74, 6) is -1.37. The van der Waals surface area contributed by atoms with Gasteiger partial charge in [0, 0.05) is 18.8 Å². The smallest absolute Gasteiger partial charge is 0.321 e. The Hall–Kier alpha value is -2.08. The minimum absolute atomic E-state index is 0.164. The molecule has 114 valence electrons. The lowest BCUT2D eigenvalue weighted by molar-refractivity contribution is -0.139. The number of aliphatic carboxylic acids is 1. The van der Waals surface area contributed by atoms with E-state index in [1.807, 2.05) is 19.2 Å². The second-order valence-electron chi connectivity index (χ2n) is 5.08. The number of fused-ring (bicyclic) bond motifs is 1. The number of rotatable bonds is 5. The highest BCUT2D eigenvalue weighted by atomic mass is 16.4. The minimum atomic E-state index is -0.837. The van der Waals surface area contributed by atoms with E-state index in [-0.39, 0.29) is 6.03 Å². The molecular formula is C15H21N3O3. The Bertz CT molecular complexity index is 519. The molecule has 6 heteroatoms. The van der Waals surface area contributed by atoms with Crippen LogP contribution in [0.5, 0.6) is 0 Å². The molecule has 0 spiro atoms. The Kier molecular flexibility index (Phi) is 5.16.